The summed E-state index contributed by atoms with van der Waals surface area (Å²) in [5.41, 5.74) is 8.15. The molecule has 126 valence electrons. The lowest BCUT2D eigenvalue weighted by molar-refractivity contribution is 0.1000. The predicted octanol–water partition coefficient (Wildman–Crippen LogP) is 1.65. The van der Waals surface area contributed by atoms with E-state index in [0.717, 1.165) is 38.7 Å². The Morgan fingerprint density at radius 3 is 2.67 bits per heavy atom. The second-order valence-electron chi connectivity index (χ2n) is 5.85. The molecule has 0 unspecified atom stereocenters. The number of rotatable bonds is 5. The Morgan fingerprint density at radius 1 is 1.25 bits per heavy atom. The number of morpholine rings is 1. The van der Waals surface area contributed by atoms with Gasteiger partial charge in [-0.3, -0.25) is 4.79 Å². The van der Waals surface area contributed by atoms with E-state index < -0.39 is 5.91 Å². The van der Waals surface area contributed by atoms with Crippen molar-refractivity contribution in [1.29, 1.82) is 0 Å². The number of para-hydroxylation sites is 1. The minimum atomic E-state index is -0.464. The molecule has 0 saturated carbocycles. The fourth-order valence-corrected chi connectivity index (χ4v) is 2.85. The van der Waals surface area contributed by atoms with Crippen molar-refractivity contribution < 1.29 is 9.53 Å². The van der Waals surface area contributed by atoms with E-state index in [1.807, 2.05) is 13.1 Å². The fraction of sp³-hybridized carbons (Fsp3) is 0.333. The van der Waals surface area contributed by atoms with Gasteiger partial charge in [0, 0.05) is 38.6 Å². The summed E-state index contributed by atoms with van der Waals surface area (Å²) in [6, 6.07) is 11.9. The number of hydrogen-bond acceptors (Lipinski definition) is 5. The summed E-state index contributed by atoms with van der Waals surface area (Å²) in [6.45, 7) is 4.08. The van der Waals surface area contributed by atoms with E-state index in [1.54, 1.807) is 6.07 Å². The first-order valence-corrected chi connectivity index (χ1v) is 8.03. The van der Waals surface area contributed by atoms with Gasteiger partial charge in [0.15, 0.2) is 0 Å². The number of hydrogen-bond donors (Lipinski definition) is 1. The number of carbonyl (C=O) groups excluding carboxylic acids is 1. The van der Waals surface area contributed by atoms with Crippen molar-refractivity contribution in [3.8, 4) is 0 Å². The van der Waals surface area contributed by atoms with Crippen LogP contribution in [0.15, 0.2) is 42.6 Å². The molecule has 0 atom stereocenters. The molecule has 6 heteroatoms. The molecule has 0 aliphatic carbocycles. The predicted molar refractivity (Wildman–Crippen MR) is 94.3 cm³/mol. The molecule has 1 fully saturated rings. The van der Waals surface area contributed by atoms with Gasteiger partial charge in [0.2, 0.25) is 5.91 Å². The van der Waals surface area contributed by atoms with E-state index >= 15 is 0 Å². The highest BCUT2D eigenvalue weighted by Gasteiger charge is 2.15. The quantitative estimate of drug-likeness (QED) is 0.904. The van der Waals surface area contributed by atoms with Crippen molar-refractivity contribution in [3.05, 3.63) is 53.7 Å². The standard InChI is InChI=1S/C18H22N4O2/c1-21(17-7-6-14(12-20-17)18(19)23)13-15-4-2-3-5-16(15)22-8-10-24-11-9-22/h2-7,12H,8-11,13H2,1H3,(H2,19,23). The second kappa shape index (κ2) is 7.31. The number of nitrogens with two attached hydrogens (primary N) is 1. The third kappa shape index (κ3) is 3.65. The van der Waals surface area contributed by atoms with Crippen LogP contribution in [0.3, 0.4) is 0 Å². The molecule has 1 aliphatic rings. The zero-order chi connectivity index (χ0) is 16.9. The van der Waals surface area contributed by atoms with Crippen LogP contribution in [0, 0.1) is 0 Å². The minimum absolute atomic E-state index is 0.417. The molecule has 24 heavy (non-hydrogen) atoms. The van der Waals surface area contributed by atoms with E-state index in [1.165, 1.54) is 17.4 Å². The average molecular weight is 326 g/mol. The summed E-state index contributed by atoms with van der Waals surface area (Å²) in [5.74, 6) is 0.339. The zero-order valence-corrected chi connectivity index (χ0v) is 13.8. The average Bonchev–Trinajstić information content (AvgIpc) is 2.63. The van der Waals surface area contributed by atoms with Gasteiger partial charge >= 0.3 is 0 Å². The van der Waals surface area contributed by atoms with Crippen LogP contribution >= 0.6 is 0 Å². The van der Waals surface area contributed by atoms with Crippen molar-refractivity contribution in [2.75, 3.05) is 43.2 Å². The first-order valence-electron chi connectivity index (χ1n) is 8.03. The van der Waals surface area contributed by atoms with Gasteiger partial charge in [-0.15, -0.1) is 0 Å². The molecule has 0 bridgehead atoms. The van der Waals surface area contributed by atoms with Gasteiger partial charge in [-0.1, -0.05) is 18.2 Å². The molecular weight excluding hydrogens is 304 g/mol. The van der Waals surface area contributed by atoms with Gasteiger partial charge < -0.3 is 20.3 Å². The summed E-state index contributed by atoms with van der Waals surface area (Å²) in [5, 5.41) is 0. The Hall–Kier alpha value is -2.60. The number of pyridine rings is 1. The number of ether oxygens (including phenoxy) is 1. The third-order valence-electron chi connectivity index (χ3n) is 4.17. The van der Waals surface area contributed by atoms with E-state index in [4.69, 9.17) is 10.5 Å². The molecule has 0 radical (unpaired) electrons. The highest BCUT2D eigenvalue weighted by Crippen LogP contribution is 2.24. The second-order valence-corrected chi connectivity index (χ2v) is 5.85. The van der Waals surface area contributed by atoms with E-state index in [2.05, 4.69) is 39.0 Å². The van der Waals surface area contributed by atoms with Crippen molar-refractivity contribution in [2.45, 2.75) is 6.54 Å². The summed E-state index contributed by atoms with van der Waals surface area (Å²) in [7, 11) is 1.99. The van der Waals surface area contributed by atoms with E-state index in [9.17, 15) is 4.79 Å². The smallest absolute Gasteiger partial charge is 0.250 e. The van der Waals surface area contributed by atoms with Gasteiger partial charge in [0.25, 0.3) is 0 Å². The molecule has 6 nitrogen and oxygen atoms in total. The fourth-order valence-electron chi connectivity index (χ4n) is 2.85. The molecule has 3 rings (SSSR count). The number of aromatic nitrogens is 1. The van der Waals surface area contributed by atoms with Crippen LogP contribution in [-0.2, 0) is 11.3 Å². The number of nitrogens with zero attached hydrogens (tertiary/aromatic N) is 3. The number of amides is 1. The number of carbonyl (C=O) groups is 1. The summed E-state index contributed by atoms with van der Waals surface area (Å²) in [4.78, 5) is 19.9. The molecule has 1 saturated heterocycles. The van der Waals surface area contributed by atoms with Crippen molar-refractivity contribution >= 4 is 17.4 Å². The molecule has 1 aromatic heterocycles. The Bertz CT molecular complexity index is 696. The highest BCUT2D eigenvalue weighted by atomic mass is 16.5. The highest BCUT2D eigenvalue weighted by molar-refractivity contribution is 5.92. The van der Waals surface area contributed by atoms with Gasteiger partial charge in [0.1, 0.15) is 5.82 Å². The lowest BCUT2D eigenvalue weighted by Gasteiger charge is -2.31. The van der Waals surface area contributed by atoms with Crippen LogP contribution in [0.25, 0.3) is 0 Å². The van der Waals surface area contributed by atoms with Crippen molar-refractivity contribution in [2.24, 2.45) is 5.73 Å². The van der Waals surface area contributed by atoms with Crippen LogP contribution in [0.4, 0.5) is 11.5 Å². The topological polar surface area (TPSA) is 71.7 Å². The maximum atomic E-state index is 11.1. The van der Waals surface area contributed by atoms with E-state index in [0.29, 0.717) is 5.56 Å². The summed E-state index contributed by atoms with van der Waals surface area (Å²) >= 11 is 0. The normalized spacial score (nSPS) is 14.5. The van der Waals surface area contributed by atoms with Gasteiger partial charge in [-0.2, -0.15) is 0 Å². The molecule has 1 aromatic carbocycles. The number of anilines is 2. The first kappa shape index (κ1) is 16.3. The van der Waals surface area contributed by atoms with Gasteiger partial charge in [-0.25, -0.2) is 4.98 Å². The molecule has 2 N–H and O–H groups in total. The van der Waals surface area contributed by atoms with Gasteiger partial charge in [-0.05, 0) is 23.8 Å². The molecule has 2 heterocycles. The Kier molecular flexibility index (Phi) is 4.96. The van der Waals surface area contributed by atoms with Crippen LogP contribution < -0.4 is 15.5 Å². The Morgan fingerprint density at radius 2 is 2.00 bits per heavy atom. The zero-order valence-electron chi connectivity index (χ0n) is 13.8. The Balaban J connectivity index is 1.76. The van der Waals surface area contributed by atoms with Crippen LogP contribution in [0.2, 0.25) is 0 Å². The van der Waals surface area contributed by atoms with Crippen molar-refractivity contribution in [3.63, 3.8) is 0 Å². The van der Waals surface area contributed by atoms with E-state index in [-0.39, 0.29) is 0 Å². The molecular formula is C18H22N4O2. The molecule has 1 aliphatic heterocycles. The number of benzene rings is 1. The Labute approximate surface area is 141 Å². The lowest BCUT2D eigenvalue weighted by atomic mass is 10.1. The molecule has 1 amide bonds. The van der Waals surface area contributed by atoms with Crippen LogP contribution in [-0.4, -0.2) is 44.2 Å². The first-order chi connectivity index (χ1) is 11.6. The van der Waals surface area contributed by atoms with Crippen molar-refractivity contribution in [1.82, 2.24) is 4.98 Å². The van der Waals surface area contributed by atoms with Crippen LogP contribution in [0.1, 0.15) is 15.9 Å². The monoisotopic (exact) mass is 326 g/mol. The van der Waals surface area contributed by atoms with Crippen LogP contribution in [0.5, 0.6) is 0 Å². The summed E-state index contributed by atoms with van der Waals surface area (Å²) in [6.07, 6.45) is 1.52. The minimum Gasteiger partial charge on any atom is -0.378 e. The number of primary amides is 1. The summed E-state index contributed by atoms with van der Waals surface area (Å²) < 4.78 is 5.44. The third-order valence-corrected chi connectivity index (χ3v) is 4.17. The molecule has 2 aromatic rings. The maximum Gasteiger partial charge on any atom is 0.250 e. The molecule has 0 spiro atoms. The maximum absolute atomic E-state index is 11.1. The SMILES string of the molecule is CN(Cc1ccccc1N1CCOCC1)c1ccc(C(N)=O)cn1. The lowest BCUT2D eigenvalue weighted by Crippen LogP contribution is -2.37. The largest absolute Gasteiger partial charge is 0.378 e. The van der Waals surface area contributed by atoms with Gasteiger partial charge in [0.05, 0.1) is 18.8 Å².